The number of ether oxygens (including phenoxy) is 2. The molecule has 0 atom stereocenters. The van der Waals surface area contributed by atoms with Gasteiger partial charge >= 0.3 is 0 Å². The number of rotatable bonds is 8. The highest BCUT2D eigenvalue weighted by Gasteiger charge is 2.10. The zero-order chi connectivity index (χ0) is 20.6. The van der Waals surface area contributed by atoms with Crippen molar-refractivity contribution in [1.29, 1.82) is 0 Å². The molecule has 0 saturated carbocycles. The van der Waals surface area contributed by atoms with Crippen molar-refractivity contribution in [2.75, 3.05) is 19.1 Å². The summed E-state index contributed by atoms with van der Waals surface area (Å²) in [6.45, 7) is 2.66. The molecule has 0 radical (unpaired) electrons. The predicted octanol–water partition coefficient (Wildman–Crippen LogP) is 4.13. The van der Waals surface area contributed by atoms with Gasteiger partial charge in [0.15, 0.2) is 11.5 Å². The minimum Gasteiger partial charge on any atom is -0.493 e. The molecular weight excluding hydrogens is 392 g/mol. The molecule has 0 spiro atoms. The lowest BCUT2D eigenvalue weighted by molar-refractivity contribution is 0.294. The fraction of sp³-hybridized carbons (Fsp3) is 0.190. The van der Waals surface area contributed by atoms with Crippen LogP contribution in [0.25, 0.3) is 5.69 Å². The molecule has 150 valence electrons. The average Bonchev–Trinajstić information content (AvgIpc) is 2.76. The second-order valence-electron chi connectivity index (χ2n) is 6.05. The third kappa shape index (κ3) is 4.94. The number of methoxy groups -OCH3 is 1. The number of aromatic nitrogens is 2. The molecule has 0 saturated heterocycles. The Morgan fingerprint density at radius 3 is 2.72 bits per heavy atom. The van der Waals surface area contributed by atoms with Crippen molar-refractivity contribution in [2.24, 2.45) is 5.10 Å². The first-order valence-electron chi connectivity index (χ1n) is 9.07. The van der Waals surface area contributed by atoms with Gasteiger partial charge in [-0.15, -0.1) is 0 Å². The van der Waals surface area contributed by atoms with E-state index in [-0.39, 0.29) is 5.02 Å². The summed E-state index contributed by atoms with van der Waals surface area (Å²) in [5, 5.41) is 8.29. The van der Waals surface area contributed by atoms with E-state index in [1.165, 1.54) is 10.9 Å². The zero-order valence-corrected chi connectivity index (χ0v) is 16.9. The highest BCUT2D eigenvalue weighted by Crippen LogP contribution is 2.27. The summed E-state index contributed by atoms with van der Waals surface area (Å²) in [7, 11) is 1.58. The van der Waals surface area contributed by atoms with E-state index in [4.69, 9.17) is 21.1 Å². The molecule has 0 amide bonds. The minimum absolute atomic E-state index is 0.00176. The Hall–Kier alpha value is -3.32. The maximum Gasteiger partial charge on any atom is 0.292 e. The van der Waals surface area contributed by atoms with Gasteiger partial charge in [-0.25, -0.2) is 0 Å². The van der Waals surface area contributed by atoms with E-state index >= 15 is 0 Å². The highest BCUT2D eigenvalue weighted by molar-refractivity contribution is 6.32. The van der Waals surface area contributed by atoms with Crippen LogP contribution >= 0.6 is 11.6 Å². The molecule has 0 bridgehead atoms. The molecule has 0 aliphatic carbocycles. The number of nitrogens with one attached hydrogen (secondary N) is 1. The largest absolute Gasteiger partial charge is 0.493 e. The first-order chi connectivity index (χ1) is 14.1. The van der Waals surface area contributed by atoms with E-state index in [0.29, 0.717) is 29.5 Å². The number of halogens is 1. The zero-order valence-electron chi connectivity index (χ0n) is 16.1. The van der Waals surface area contributed by atoms with Crippen LogP contribution < -0.4 is 20.5 Å². The summed E-state index contributed by atoms with van der Waals surface area (Å²) in [6.07, 6.45) is 3.95. The van der Waals surface area contributed by atoms with Crippen molar-refractivity contribution in [3.8, 4) is 17.2 Å². The van der Waals surface area contributed by atoms with Crippen LogP contribution in [0.15, 0.2) is 64.6 Å². The van der Waals surface area contributed by atoms with E-state index in [0.717, 1.165) is 12.0 Å². The van der Waals surface area contributed by atoms with Crippen molar-refractivity contribution in [3.63, 3.8) is 0 Å². The molecule has 2 aromatic carbocycles. The van der Waals surface area contributed by atoms with Gasteiger partial charge in [0, 0.05) is 0 Å². The fourth-order valence-corrected chi connectivity index (χ4v) is 2.71. The lowest BCUT2D eigenvalue weighted by atomic mass is 10.2. The number of nitrogens with zero attached hydrogens (tertiary/aromatic N) is 3. The van der Waals surface area contributed by atoms with Crippen molar-refractivity contribution in [2.45, 2.75) is 13.3 Å². The monoisotopic (exact) mass is 412 g/mol. The van der Waals surface area contributed by atoms with E-state index in [2.05, 4.69) is 15.6 Å². The summed E-state index contributed by atoms with van der Waals surface area (Å²) in [5.74, 6) is 1.30. The predicted molar refractivity (Wildman–Crippen MR) is 115 cm³/mol. The van der Waals surface area contributed by atoms with Gasteiger partial charge in [-0.1, -0.05) is 36.7 Å². The third-order valence-electron chi connectivity index (χ3n) is 3.97. The second-order valence-corrected chi connectivity index (χ2v) is 6.43. The molecule has 29 heavy (non-hydrogen) atoms. The van der Waals surface area contributed by atoms with Gasteiger partial charge in [0.05, 0.1) is 31.8 Å². The van der Waals surface area contributed by atoms with Crippen LogP contribution in [0.5, 0.6) is 11.5 Å². The van der Waals surface area contributed by atoms with Crippen LogP contribution in [0, 0.1) is 0 Å². The molecular formula is C21H21ClN4O3. The van der Waals surface area contributed by atoms with Crippen LogP contribution in [0.4, 0.5) is 5.69 Å². The lowest BCUT2D eigenvalue weighted by Gasteiger charge is -2.10. The van der Waals surface area contributed by atoms with Crippen LogP contribution in [0.3, 0.4) is 0 Å². The van der Waals surface area contributed by atoms with Crippen LogP contribution in [0.1, 0.15) is 18.9 Å². The molecule has 1 heterocycles. The van der Waals surface area contributed by atoms with E-state index in [1.54, 1.807) is 25.5 Å². The van der Waals surface area contributed by atoms with E-state index < -0.39 is 5.56 Å². The first kappa shape index (κ1) is 20.4. The molecule has 3 aromatic rings. The van der Waals surface area contributed by atoms with Crippen LogP contribution in [-0.2, 0) is 0 Å². The number of hydrogen-bond donors (Lipinski definition) is 1. The molecule has 0 unspecified atom stereocenters. The molecule has 1 N–H and O–H groups in total. The summed E-state index contributed by atoms with van der Waals surface area (Å²) in [6, 6.07) is 14.5. The number of hydrazone groups is 1. The van der Waals surface area contributed by atoms with Gasteiger partial charge in [0.25, 0.3) is 5.56 Å². The van der Waals surface area contributed by atoms with Gasteiger partial charge in [0.2, 0.25) is 0 Å². The topological polar surface area (TPSA) is 77.7 Å². The van der Waals surface area contributed by atoms with Gasteiger partial charge < -0.3 is 9.47 Å². The van der Waals surface area contributed by atoms with Gasteiger partial charge in [-0.2, -0.15) is 14.9 Å². The third-order valence-corrected chi connectivity index (χ3v) is 4.33. The van der Waals surface area contributed by atoms with Gasteiger partial charge in [-0.3, -0.25) is 10.2 Å². The normalized spacial score (nSPS) is 10.9. The Morgan fingerprint density at radius 2 is 2.00 bits per heavy atom. The quantitative estimate of drug-likeness (QED) is 0.444. The molecule has 0 aliphatic rings. The fourth-order valence-electron chi connectivity index (χ4n) is 2.54. The minimum atomic E-state index is -0.433. The number of benzene rings is 2. The number of anilines is 1. The molecule has 0 aliphatic heterocycles. The Labute approximate surface area is 173 Å². The second kappa shape index (κ2) is 9.75. The molecule has 1 aromatic heterocycles. The molecule has 0 fully saturated rings. The Morgan fingerprint density at radius 1 is 1.21 bits per heavy atom. The Bertz CT molecular complexity index is 1050. The molecule has 8 heteroatoms. The van der Waals surface area contributed by atoms with Gasteiger partial charge in [-0.05, 0) is 42.3 Å². The summed E-state index contributed by atoms with van der Waals surface area (Å²) >= 11 is 6.20. The SMILES string of the molecule is CCCOc1ccc(/C=N\Nc2cnn(-c3ccccc3)c(=O)c2Cl)cc1OC. The summed E-state index contributed by atoms with van der Waals surface area (Å²) in [5.41, 5.74) is 4.06. The van der Waals surface area contributed by atoms with E-state index in [9.17, 15) is 4.79 Å². The van der Waals surface area contributed by atoms with Crippen LogP contribution in [-0.4, -0.2) is 29.7 Å². The average molecular weight is 413 g/mol. The Kier molecular flexibility index (Phi) is 6.86. The van der Waals surface area contributed by atoms with Crippen LogP contribution in [0.2, 0.25) is 5.02 Å². The van der Waals surface area contributed by atoms with Crippen molar-refractivity contribution in [1.82, 2.24) is 9.78 Å². The lowest BCUT2D eigenvalue weighted by Crippen LogP contribution is -2.22. The van der Waals surface area contributed by atoms with E-state index in [1.807, 2.05) is 43.3 Å². The number of para-hydroxylation sites is 1. The molecule has 3 rings (SSSR count). The maximum atomic E-state index is 12.5. The summed E-state index contributed by atoms with van der Waals surface area (Å²) in [4.78, 5) is 12.5. The smallest absolute Gasteiger partial charge is 0.292 e. The van der Waals surface area contributed by atoms with Crippen molar-refractivity contribution in [3.05, 3.63) is 75.7 Å². The van der Waals surface area contributed by atoms with Crippen molar-refractivity contribution < 1.29 is 9.47 Å². The van der Waals surface area contributed by atoms with Gasteiger partial charge in [0.1, 0.15) is 10.7 Å². The summed E-state index contributed by atoms with van der Waals surface area (Å²) < 4.78 is 12.2. The molecule has 7 nitrogen and oxygen atoms in total. The Balaban J connectivity index is 1.75. The maximum absolute atomic E-state index is 12.5. The van der Waals surface area contributed by atoms with Crippen molar-refractivity contribution >= 4 is 23.5 Å². The standard InChI is InChI=1S/C21H21ClN4O3/c1-3-11-29-18-10-9-15(12-19(18)28-2)13-23-25-17-14-24-26(21(27)20(17)22)16-7-5-4-6-8-16/h4-10,12-14,25H,3,11H2,1-2H3/b23-13-. The number of hydrogen-bond acceptors (Lipinski definition) is 6. The first-order valence-corrected chi connectivity index (χ1v) is 9.45. The highest BCUT2D eigenvalue weighted by atomic mass is 35.5.